The summed E-state index contributed by atoms with van der Waals surface area (Å²) in [4.78, 5) is 35.3. The molecule has 0 saturated heterocycles. The Kier molecular flexibility index (Phi) is 5.71. The van der Waals surface area contributed by atoms with Crippen molar-refractivity contribution >= 4 is 34.1 Å². The van der Waals surface area contributed by atoms with E-state index in [1.54, 1.807) is 5.38 Å². The van der Waals surface area contributed by atoms with Gasteiger partial charge in [0.1, 0.15) is 16.6 Å². The lowest BCUT2D eigenvalue weighted by molar-refractivity contribution is -0.123. The first-order valence-electron chi connectivity index (χ1n) is 7.06. The predicted molar refractivity (Wildman–Crippen MR) is 89.3 cm³/mol. The maximum Gasteiger partial charge on any atom is 0.341 e. The van der Waals surface area contributed by atoms with Gasteiger partial charge < -0.3 is 20.5 Å². The SMILES string of the molecule is COc1ccc(C(=O)OC(C)C(=O)Nc2sccc2C(N)=O)c(F)c1. The van der Waals surface area contributed by atoms with Gasteiger partial charge in [0, 0.05) is 6.07 Å². The number of nitrogens with one attached hydrogen (secondary N) is 1. The van der Waals surface area contributed by atoms with Crippen LogP contribution in [0.2, 0.25) is 0 Å². The van der Waals surface area contributed by atoms with E-state index in [-0.39, 0.29) is 21.9 Å². The predicted octanol–water partition coefficient (Wildman–Crippen LogP) is 2.18. The molecule has 0 spiro atoms. The zero-order valence-corrected chi connectivity index (χ0v) is 14.2. The summed E-state index contributed by atoms with van der Waals surface area (Å²) in [5, 5.41) is 4.28. The first kappa shape index (κ1) is 18.4. The number of primary amides is 1. The van der Waals surface area contributed by atoms with Gasteiger partial charge >= 0.3 is 5.97 Å². The van der Waals surface area contributed by atoms with Crippen molar-refractivity contribution in [1.29, 1.82) is 0 Å². The quantitative estimate of drug-likeness (QED) is 0.762. The number of carbonyl (C=O) groups is 3. The molecule has 3 N–H and O–H groups in total. The fourth-order valence-corrected chi connectivity index (χ4v) is 2.67. The number of esters is 1. The van der Waals surface area contributed by atoms with Gasteiger partial charge in [0.2, 0.25) is 0 Å². The smallest absolute Gasteiger partial charge is 0.341 e. The second-order valence-electron chi connectivity index (χ2n) is 4.91. The highest BCUT2D eigenvalue weighted by Gasteiger charge is 2.23. The highest BCUT2D eigenvalue weighted by molar-refractivity contribution is 7.14. The van der Waals surface area contributed by atoms with Crippen molar-refractivity contribution in [3.05, 3.63) is 46.6 Å². The molecule has 1 unspecified atom stereocenters. The molecule has 1 heterocycles. The molecule has 1 aromatic heterocycles. The average Bonchev–Trinajstić information content (AvgIpc) is 3.02. The van der Waals surface area contributed by atoms with Gasteiger partial charge in [0.25, 0.3) is 11.8 Å². The number of thiophene rings is 1. The van der Waals surface area contributed by atoms with Crippen LogP contribution in [0, 0.1) is 5.82 Å². The van der Waals surface area contributed by atoms with E-state index in [0.717, 1.165) is 17.4 Å². The Morgan fingerprint density at radius 3 is 2.56 bits per heavy atom. The zero-order valence-electron chi connectivity index (χ0n) is 13.4. The van der Waals surface area contributed by atoms with Crippen LogP contribution in [0.1, 0.15) is 27.6 Å². The van der Waals surface area contributed by atoms with E-state index in [1.807, 2.05) is 0 Å². The van der Waals surface area contributed by atoms with Gasteiger partial charge in [-0.2, -0.15) is 0 Å². The maximum atomic E-state index is 13.9. The minimum absolute atomic E-state index is 0.151. The van der Waals surface area contributed by atoms with Gasteiger partial charge in [-0.05, 0) is 30.5 Å². The Morgan fingerprint density at radius 1 is 1.24 bits per heavy atom. The Bertz CT molecular complexity index is 821. The van der Waals surface area contributed by atoms with E-state index in [1.165, 1.54) is 32.2 Å². The number of carbonyl (C=O) groups excluding carboxylic acids is 3. The van der Waals surface area contributed by atoms with E-state index in [9.17, 15) is 18.8 Å². The largest absolute Gasteiger partial charge is 0.497 e. The summed E-state index contributed by atoms with van der Waals surface area (Å²) in [6.07, 6.45) is -1.21. The van der Waals surface area contributed by atoms with Crippen LogP contribution in [0.4, 0.5) is 9.39 Å². The number of ether oxygens (including phenoxy) is 2. The van der Waals surface area contributed by atoms with Crippen LogP contribution in [0.3, 0.4) is 0 Å². The number of hydrogen-bond acceptors (Lipinski definition) is 6. The molecule has 0 radical (unpaired) electrons. The van der Waals surface area contributed by atoms with Gasteiger partial charge in [-0.3, -0.25) is 9.59 Å². The van der Waals surface area contributed by atoms with Crippen molar-refractivity contribution in [2.24, 2.45) is 5.73 Å². The van der Waals surface area contributed by atoms with Crippen molar-refractivity contribution in [3.63, 3.8) is 0 Å². The third kappa shape index (κ3) is 4.32. The van der Waals surface area contributed by atoms with E-state index < -0.39 is 29.7 Å². The second kappa shape index (κ2) is 7.75. The summed E-state index contributed by atoms with van der Waals surface area (Å²) in [5.41, 5.74) is 5.01. The molecule has 0 aliphatic carbocycles. The summed E-state index contributed by atoms with van der Waals surface area (Å²) in [5.74, 6) is -2.94. The van der Waals surface area contributed by atoms with Crippen LogP contribution in [0.25, 0.3) is 0 Å². The third-order valence-corrected chi connectivity index (χ3v) is 4.05. The van der Waals surface area contributed by atoms with Crippen LogP contribution in [-0.4, -0.2) is 31.0 Å². The van der Waals surface area contributed by atoms with Crippen LogP contribution in [0.5, 0.6) is 5.75 Å². The summed E-state index contributed by atoms with van der Waals surface area (Å²) >= 11 is 1.10. The summed E-state index contributed by atoms with van der Waals surface area (Å²) in [7, 11) is 1.37. The molecule has 0 saturated carbocycles. The summed E-state index contributed by atoms with van der Waals surface area (Å²) in [6, 6.07) is 5.10. The minimum atomic E-state index is -1.21. The van der Waals surface area contributed by atoms with Crippen LogP contribution >= 0.6 is 11.3 Å². The molecular weight excluding hydrogens is 351 g/mol. The Balaban J connectivity index is 2.04. The van der Waals surface area contributed by atoms with Crippen LogP contribution < -0.4 is 15.8 Å². The van der Waals surface area contributed by atoms with Crippen molar-refractivity contribution in [1.82, 2.24) is 0 Å². The molecule has 1 aromatic carbocycles. The zero-order chi connectivity index (χ0) is 18.6. The number of nitrogens with two attached hydrogens (primary N) is 1. The van der Waals surface area contributed by atoms with Crippen LogP contribution in [0.15, 0.2) is 29.6 Å². The normalized spacial score (nSPS) is 11.5. The summed E-state index contributed by atoms with van der Waals surface area (Å²) in [6.45, 7) is 1.33. The summed E-state index contributed by atoms with van der Waals surface area (Å²) < 4.78 is 23.7. The van der Waals surface area contributed by atoms with E-state index >= 15 is 0 Å². The maximum absolute atomic E-state index is 13.9. The lowest BCUT2D eigenvalue weighted by atomic mass is 10.2. The monoisotopic (exact) mass is 366 g/mol. The first-order valence-corrected chi connectivity index (χ1v) is 7.94. The lowest BCUT2D eigenvalue weighted by Crippen LogP contribution is -2.30. The van der Waals surface area contributed by atoms with Gasteiger partial charge in [-0.15, -0.1) is 11.3 Å². The van der Waals surface area contributed by atoms with Gasteiger partial charge in [-0.25, -0.2) is 9.18 Å². The Labute approximate surface area is 146 Å². The fraction of sp³-hybridized carbons (Fsp3) is 0.188. The topological polar surface area (TPSA) is 108 Å². The fourth-order valence-electron chi connectivity index (χ4n) is 1.88. The molecule has 2 rings (SSSR count). The minimum Gasteiger partial charge on any atom is -0.497 e. The number of benzene rings is 1. The van der Waals surface area contributed by atoms with Crippen molar-refractivity contribution in [2.45, 2.75) is 13.0 Å². The standard InChI is InChI=1S/C16H15FN2O5S/c1-8(14(21)19-15-11(13(18)20)5-6-25-15)24-16(22)10-4-3-9(23-2)7-12(10)17/h3-8H,1-2H3,(H2,18,20)(H,19,21). The lowest BCUT2D eigenvalue weighted by Gasteiger charge is -2.14. The molecule has 0 aliphatic heterocycles. The van der Waals surface area contributed by atoms with E-state index in [2.05, 4.69) is 5.32 Å². The van der Waals surface area contributed by atoms with Crippen molar-refractivity contribution < 1.29 is 28.2 Å². The number of hydrogen-bond donors (Lipinski definition) is 2. The van der Waals surface area contributed by atoms with Crippen LogP contribution in [-0.2, 0) is 9.53 Å². The number of anilines is 1. The second-order valence-corrected chi connectivity index (χ2v) is 5.83. The number of methoxy groups -OCH3 is 1. The molecule has 2 amide bonds. The first-order chi connectivity index (χ1) is 11.8. The van der Waals surface area contributed by atoms with E-state index in [0.29, 0.717) is 0 Å². The van der Waals surface area contributed by atoms with Gasteiger partial charge in [0.05, 0.1) is 18.2 Å². The molecule has 25 heavy (non-hydrogen) atoms. The van der Waals surface area contributed by atoms with Crippen molar-refractivity contribution in [2.75, 3.05) is 12.4 Å². The number of halogens is 1. The molecular formula is C16H15FN2O5S. The molecule has 0 aliphatic rings. The highest BCUT2D eigenvalue weighted by atomic mass is 32.1. The molecule has 1 atom stereocenters. The Hall–Kier alpha value is -2.94. The average molecular weight is 366 g/mol. The highest BCUT2D eigenvalue weighted by Crippen LogP contribution is 2.23. The van der Waals surface area contributed by atoms with Gasteiger partial charge in [-0.1, -0.05) is 0 Å². The third-order valence-electron chi connectivity index (χ3n) is 3.22. The number of rotatable bonds is 6. The van der Waals surface area contributed by atoms with Gasteiger partial charge in [0.15, 0.2) is 6.10 Å². The molecule has 9 heteroatoms. The molecule has 0 fully saturated rings. The molecule has 132 valence electrons. The van der Waals surface area contributed by atoms with Crippen molar-refractivity contribution in [3.8, 4) is 5.75 Å². The molecule has 0 bridgehead atoms. The Morgan fingerprint density at radius 2 is 1.96 bits per heavy atom. The van der Waals surface area contributed by atoms with E-state index in [4.69, 9.17) is 15.2 Å². The molecule has 2 aromatic rings. The molecule has 7 nitrogen and oxygen atoms in total. The number of amides is 2.